The van der Waals surface area contributed by atoms with Crippen molar-refractivity contribution in [3.8, 4) is 0 Å². The van der Waals surface area contributed by atoms with Crippen LogP contribution in [0.3, 0.4) is 0 Å². The first kappa shape index (κ1) is 13.0. The van der Waals surface area contributed by atoms with E-state index in [0.29, 0.717) is 5.92 Å². The van der Waals surface area contributed by atoms with Crippen LogP contribution >= 0.6 is 0 Å². The molecule has 0 heteroatoms. The summed E-state index contributed by atoms with van der Waals surface area (Å²) in [5, 5.41) is 0. The fourth-order valence-corrected chi connectivity index (χ4v) is 1.29. The lowest BCUT2D eigenvalue weighted by Gasteiger charge is -2.07. The van der Waals surface area contributed by atoms with Crippen molar-refractivity contribution >= 4 is 6.08 Å². The second kappa shape index (κ2) is 6.42. The van der Waals surface area contributed by atoms with Gasteiger partial charge in [0, 0.05) is 0 Å². The maximum Gasteiger partial charge on any atom is -0.0219 e. The third kappa shape index (κ3) is 3.78. The van der Waals surface area contributed by atoms with Crippen molar-refractivity contribution in [3.05, 3.63) is 41.5 Å². The molecule has 0 bridgehead atoms. The Bertz CT molecular complexity index is 282. The van der Waals surface area contributed by atoms with Crippen LogP contribution in [0, 0.1) is 6.92 Å². The van der Waals surface area contributed by atoms with Crippen LogP contribution in [0.25, 0.3) is 6.08 Å². The highest BCUT2D eigenvalue weighted by molar-refractivity contribution is 5.50. The molecule has 0 heterocycles. The zero-order valence-electron chi connectivity index (χ0n) is 10.1. The molecule has 0 radical (unpaired) electrons. The van der Waals surface area contributed by atoms with Crippen LogP contribution in [0.4, 0.5) is 0 Å². The molecule has 78 valence electrons. The molecule has 0 aliphatic heterocycles. The minimum absolute atomic E-state index is 0.601. The van der Waals surface area contributed by atoms with Gasteiger partial charge in [0.2, 0.25) is 0 Å². The predicted octanol–water partition coefficient (Wildman–Crippen LogP) is 4.79. The molecule has 0 unspecified atom stereocenters. The molecule has 0 saturated heterocycles. The normalized spacial score (nSPS) is 9.29. The molecule has 0 nitrogen and oxygen atoms in total. The van der Waals surface area contributed by atoms with Gasteiger partial charge in [-0.15, -0.1) is 0 Å². The minimum atomic E-state index is 0.601. The lowest BCUT2D eigenvalue weighted by molar-refractivity contribution is 0.864. The van der Waals surface area contributed by atoms with E-state index in [1.807, 2.05) is 19.9 Å². The summed E-state index contributed by atoms with van der Waals surface area (Å²) in [7, 11) is 0. The van der Waals surface area contributed by atoms with Crippen LogP contribution in [0.2, 0.25) is 0 Å². The van der Waals surface area contributed by atoms with Gasteiger partial charge in [-0.1, -0.05) is 64.1 Å². The smallest absolute Gasteiger partial charge is 0.0219 e. The number of hydrogen-bond acceptors (Lipinski definition) is 0. The van der Waals surface area contributed by atoms with Crippen molar-refractivity contribution in [3.63, 3.8) is 0 Å². The summed E-state index contributed by atoms with van der Waals surface area (Å²) in [5.41, 5.74) is 3.93. The molecule has 14 heavy (non-hydrogen) atoms. The van der Waals surface area contributed by atoms with E-state index in [9.17, 15) is 0 Å². The van der Waals surface area contributed by atoms with Gasteiger partial charge in [0.25, 0.3) is 0 Å². The zero-order chi connectivity index (χ0) is 11.1. The molecular weight excluding hydrogens is 168 g/mol. The van der Waals surface area contributed by atoms with Crippen LogP contribution in [0.15, 0.2) is 24.8 Å². The second-order valence-corrected chi connectivity index (χ2v) is 3.54. The highest BCUT2D eigenvalue weighted by Crippen LogP contribution is 2.18. The average Bonchev–Trinajstić information content (AvgIpc) is 2.20. The van der Waals surface area contributed by atoms with E-state index < -0.39 is 0 Å². The quantitative estimate of drug-likeness (QED) is 0.629. The minimum Gasteiger partial charge on any atom is -0.0985 e. The molecule has 1 aromatic rings. The first-order valence-corrected chi connectivity index (χ1v) is 5.37. The molecule has 0 fully saturated rings. The summed E-state index contributed by atoms with van der Waals surface area (Å²) in [6, 6.07) is 6.58. The second-order valence-electron chi connectivity index (χ2n) is 3.54. The maximum atomic E-state index is 3.77. The van der Waals surface area contributed by atoms with Gasteiger partial charge in [-0.25, -0.2) is 0 Å². The average molecular weight is 190 g/mol. The van der Waals surface area contributed by atoms with E-state index in [4.69, 9.17) is 0 Å². The van der Waals surface area contributed by atoms with Crippen LogP contribution in [0.1, 0.15) is 50.3 Å². The Balaban J connectivity index is 0.000000791. The number of hydrogen-bond donors (Lipinski definition) is 0. The summed E-state index contributed by atoms with van der Waals surface area (Å²) in [4.78, 5) is 0. The number of benzene rings is 1. The highest BCUT2D eigenvalue weighted by Gasteiger charge is 1.99. The topological polar surface area (TPSA) is 0 Å². The molecule has 0 saturated carbocycles. The molecule has 0 amide bonds. The zero-order valence-corrected chi connectivity index (χ0v) is 10.1. The Hall–Kier alpha value is -1.04. The van der Waals surface area contributed by atoms with E-state index >= 15 is 0 Å². The van der Waals surface area contributed by atoms with Gasteiger partial charge in [-0.2, -0.15) is 0 Å². The lowest BCUT2D eigenvalue weighted by Crippen LogP contribution is -1.89. The fourth-order valence-electron chi connectivity index (χ4n) is 1.29. The maximum absolute atomic E-state index is 3.77. The van der Waals surface area contributed by atoms with Crippen LogP contribution in [-0.2, 0) is 0 Å². The molecule has 0 aliphatic rings. The van der Waals surface area contributed by atoms with E-state index in [0.717, 1.165) is 0 Å². The monoisotopic (exact) mass is 190 g/mol. The largest absolute Gasteiger partial charge is 0.0985 e. The molecule has 0 aliphatic carbocycles. The summed E-state index contributed by atoms with van der Waals surface area (Å²) < 4.78 is 0. The summed E-state index contributed by atoms with van der Waals surface area (Å²) in [5.74, 6) is 0.601. The molecular formula is C14H22. The van der Waals surface area contributed by atoms with Crippen molar-refractivity contribution in [2.24, 2.45) is 0 Å². The van der Waals surface area contributed by atoms with Crippen LogP contribution < -0.4 is 0 Å². The van der Waals surface area contributed by atoms with E-state index in [1.165, 1.54) is 16.7 Å². The fraction of sp³-hybridized carbons (Fsp3) is 0.429. The van der Waals surface area contributed by atoms with Gasteiger partial charge in [-0.3, -0.25) is 0 Å². The highest BCUT2D eigenvalue weighted by atomic mass is 14.0. The Morgan fingerprint density at radius 3 is 2.14 bits per heavy atom. The molecule has 0 atom stereocenters. The van der Waals surface area contributed by atoms with Crippen molar-refractivity contribution in [2.45, 2.75) is 40.5 Å². The number of aryl methyl sites for hydroxylation is 1. The Labute approximate surface area is 88.7 Å². The van der Waals surface area contributed by atoms with Gasteiger partial charge >= 0.3 is 0 Å². The SMILES string of the molecule is C=Cc1cc(C)cc(C(C)C)c1.CC. The van der Waals surface area contributed by atoms with Crippen LogP contribution in [0.5, 0.6) is 0 Å². The van der Waals surface area contributed by atoms with Gasteiger partial charge in [-0.05, 0) is 24.0 Å². The Kier molecular flexibility index (Phi) is 5.94. The standard InChI is InChI=1S/C12H16.C2H6/c1-5-11-6-10(4)7-12(8-11)9(2)3;1-2/h5-9H,1H2,2-4H3;1-2H3. The molecule has 1 aromatic carbocycles. The summed E-state index contributed by atoms with van der Waals surface area (Å²) in [6.45, 7) is 14.3. The third-order valence-electron chi connectivity index (χ3n) is 2.02. The van der Waals surface area contributed by atoms with Crippen molar-refractivity contribution in [1.29, 1.82) is 0 Å². The van der Waals surface area contributed by atoms with Gasteiger partial charge < -0.3 is 0 Å². The van der Waals surface area contributed by atoms with Gasteiger partial charge in [0.1, 0.15) is 0 Å². The molecule has 0 N–H and O–H groups in total. The van der Waals surface area contributed by atoms with Crippen molar-refractivity contribution in [1.82, 2.24) is 0 Å². The molecule has 0 spiro atoms. The first-order valence-electron chi connectivity index (χ1n) is 5.37. The van der Waals surface area contributed by atoms with E-state index in [2.05, 4.69) is 45.5 Å². The Morgan fingerprint density at radius 2 is 1.71 bits per heavy atom. The predicted molar refractivity (Wildman–Crippen MR) is 66.7 cm³/mol. The van der Waals surface area contributed by atoms with E-state index in [1.54, 1.807) is 0 Å². The molecule has 0 aromatic heterocycles. The van der Waals surface area contributed by atoms with Gasteiger partial charge in [0.15, 0.2) is 0 Å². The number of rotatable bonds is 2. The van der Waals surface area contributed by atoms with Gasteiger partial charge in [0.05, 0.1) is 0 Å². The lowest BCUT2D eigenvalue weighted by atomic mass is 9.98. The van der Waals surface area contributed by atoms with Crippen LogP contribution in [-0.4, -0.2) is 0 Å². The van der Waals surface area contributed by atoms with Crippen molar-refractivity contribution in [2.75, 3.05) is 0 Å². The third-order valence-corrected chi connectivity index (χ3v) is 2.02. The summed E-state index contributed by atoms with van der Waals surface area (Å²) in [6.07, 6.45) is 1.90. The first-order chi connectivity index (χ1) is 6.63. The Morgan fingerprint density at radius 1 is 1.14 bits per heavy atom. The van der Waals surface area contributed by atoms with Crippen molar-refractivity contribution < 1.29 is 0 Å². The summed E-state index contributed by atoms with van der Waals surface area (Å²) >= 11 is 0. The van der Waals surface area contributed by atoms with E-state index in [-0.39, 0.29) is 0 Å². The molecule has 1 rings (SSSR count).